The number of aryl methyl sites for hydroxylation is 1. The highest BCUT2D eigenvalue weighted by Gasteiger charge is 2.52. The van der Waals surface area contributed by atoms with E-state index in [4.69, 9.17) is 34.4 Å². The Morgan fingerprint density at radius 3 is 1.94 bits per heavy atom. The number of carbonyl (C=O) groups is 11. The van der Waals surface area contributed by atoms with Gasteiger partial charge in [0, 0.05) is 75.9 Å². The molecule has 5 heterocycles. The van der Waals surface area contributed by atoms with Crippen LogP contribution in [-0.2, 0) is 78.5 Å². The summed E-state index contributed by atoms with van der Waals surface area (Å²) >= 11 is 3.24. The molecule has 5 aliphatic rings. The number of carbonyl (C=O) groups excluding carboxylic acids is 11. The minimum absolute atomic E-state index is 0.0160. The molecule has 21 N–H and O–H groups in total. The van der Waals surface area contributed by atoms with Crippen molar-refractivity contribution in [3.05, 3.63) is 85.1 Å². The summed E-state index contributed by atoms with van der Waals surface area (Å²) in [4.78, 5) is 175. The fourth-order valence-electron chi connectivity index (χ4n) is 14.2. The van der Waals surface area contributed by atoms with E-state index in [1.165, 1.54) is 27.2 Å². The zero-order valence-corrected chi connectivity index (χ0v) is 60.4. The fraction of sp³-hybridized carbons (Fsp3) is 0.559. The number of benzene rings is 2. The number of rotatable bonds is 34. The van der Waals surface area contributed by atoms with Gasteiger partial charge in [-0.25, -0.2) is 0 Å². The molecule has 0 radical (unpaired) electrons. The summed E-state index contributed by atoms with van der Waals surface area (Å²) in [5, 5.41) is 49.9. The highest BCUT2D eigenvalue weighted by molar-refractivity contribution is 14.1. The summed E-state index contributed by atoms with van der Waals surface area (Å²) in [6.07, 6.45) is 4.34. The van der Waals surface area contributed by atoms with Crippen LogP contribution in [0.4, 0.5) is 0 Å². The molecule has 8 rings (SSSR count). The van der Waals surface area contributed by atoms with Crippen molar-refractivity contribution >= 4 is 117 Å². The largest absolute Gasteiger partial charge is 0.507 e. The van der Waals surface area contributed by atoms with Gasteiger partial charge in [0.2, 0.25) is 59.1 Å². The van der Waals surface area contributed by atoms with Crippen LogP contribution in [0.5, 0.6) is 5.75 Å². The molecule has 0 unspecified atom stereocenters. The zero-order chi connectivity index (χ0) is 74.4. The van der Waals surface area contributed by atoms with Gasteiger partial charge >= 0.3 is 0 Å². The number of phenolic OH excluding ortho intramolecular Hbond substituents is 1. The Balaban J connectivity index is 0.928. The molecule has 3 saturated heterocycles. The number of nitrogens with one attached hydrogen (secondary N) is 6. The fourth-order valence-corrected chi connectivity index (χ4v) is 15.5. The number of aliphatic imine (C=N–C) groups is 3. The third-order valence-corrected chi connectivity index (χ3v) is 21.0. The summed E-state index contributed by atoms with van der Waals surface area (Å²) in [7, 11) is 0. The molecule has 103 heavy (non-hydrogen) atoms. The van der Waals surface area contributed by atoms with Crippen molar-refractivity contribution in [3.8, 4) is 5.75 Å². The molecule has 35 heteroatoms. The second kappa shape index (κ2) is 38.3. The molecule has 3 aromatic rings. The second-order valence-corrected chi connectivity index (χ2v) is 28.8. The SMILES string of the molecule is NC(N)=NCCC[C@@H](C=O)NC(=O)[C@@H]1C[C@@H]2CCCC[C@@H]2N1C(=O)[C@H]1Cc2ccccc2CN1C(=O)[C@H](CO)NC(=O)[C@H](Cc1cccs1)NC(=O)CNC(=O)[C@@H]1C[C@@H](O)CN1C(=O)[C@@H]1CCCN1C(=O)[C@H](CCCN=C(N)N)NC(=O)[C@@H](CCCN=C(N)N)NC(=O)CCc1ccc(O)c([125I])c1. The lowest BCUT2D eigenvalue weighted by Crippen LogP contribution is -2.63. The first-order valence-corrected chi connectivity index (χ1v) is 36.8. The van der Waals surface area contributed by atoms with E-state index < -0.39 is 133 Å². The van der Waals surface area contributed by atoms with Crippen LogP contribution in [0.3, 0.4) is 0 Å². The van der Waals surface area contributed by atoms with E-state index >= 15 is 9.59 Å². The van der Waals surface area contributed by atoms with Gasteiger partial charge < -0.3 is 106 Å². The Morgan fingerprint density at radius 2 is 1.28 bits per heavy atom. The van der Waals surface area contributed by atoms with Gasteiger partial charge in [0.05, 0.1) is 28.9 Å². The lowest BCUT2D eigenvalue weighted by molar-refractivity contribution is -0.153. The van der Waals surface area contributed by atoms with Gasteiger partial charge in [-0.1, -0.05) is 49.2 Å². The van der Waals surface area contributed by atoms with E-state index in [1.807, 2.05) is 34.7 Å². The van der Waals surface area contributed by atoms with Crippen LogP contribution in [0.1, 0.15) is 118 Å². The molecule has 2 aromatic carbocycles. The normalized spacial score (nSPS) is 21.2. The highest BCUT2D eigenvalue weighted by atomic mass is 125. The van der Waals surface area contributed by atoms with Gasteiger partial charge in [-0.15, -0.1) is 11.3 Å². The van der Waals surface area contributed by atoms with Crippen LogP contribution in [0, 0.1) is 9.49 Å². The van der Waals surface area contributed by atoms with E-state index in [1.54, 1.807) is 46.7 Å². The van der Waals surface area contributed by atoms with Crippen LogP contribution in [0.25, 0.3) is 0 Å². The van der Waals surface area contributed by atoms with Crippen molar-refractivity contribution in [1.29, 1.82) is 0 Å². The van der Waals surface area contributed by atoms with Crippen molar-refractivity contribution in [1.82, 2.24) is 51.5 Å². The van der Waals surface area contributed by atoms with E-state index in [2.05, 4.69) is 46.9 Å². The molecule has 10 amide bonds. The number of β-amino-alcohol motifs (C(OH)–C–C–N with tert-alkyl or cyclic N) is 1. The number of aliphatic hydroxyl groups excluding tert-OH is 2. The molecule has 4 fully saturated rings. The number of aliphatic hydroxyl groups is 2. The first kappa shape index (κ1) is 79.5. The Morgan fingerprint density at radius 1 is 0.641 bits per heavy atom. The number of guanidine groups is 3. The Bertz CT molecular complexity index is 3610. The van der Waals surface area contributed by atoms with Gasteiger partial charge in [0.15, 0.2) is 17.9 Å². The van der Waals surface area contributed by atoms with Crippen LogP contribution >= 0.6 is 33.9 Å². The maximum absolute atomic E-state index is 15.4. The third kappa shape index (κ3) is 22.1. The Labute approximate surface area is 614 Å². The standard InChI is InChI=1S/C68H96IN19O14S/c69-45-28-38(19-21-55(45)92)20-22-56(93)81-46(15-6-24-77-67(72)73)58(95)83-47(16-7-25-78-68(74)75)62(99)85-26-8-18-51(85)64(101)87-35-43(91)31-52(87)60(97)79-33-57(94)82-48(32-44-14-9-27-103-44)59(96)84-49(37-90)63(100)86-34-41-12-2-1-10-39(41)29-54(86)65(102)88-50-17-4-3-11-40(50)30-53(88)61(98)80-42(36-89)13-5-23-76-66(70)71/h1-2,9-10,12,14,19,21,27-28,36,40,42-43,46-54,90-92H,3-8,11,13,15-18,20,22-26,29-35,37H2,(H,79,97)(H,80,98)(H,81,93)(H,82,94)(H,83,95)(H,84,96)(H4,70,71,76)(H4,72,73,77)(H4,74,75,78)/t40-,42-,43+,46+,47-,48-,49-,50-,51-,52-,53-,54+/m0/s1/i69-2. The van der Waals surface area contributed by atoms with Crippen molar-refractivity contribution < 1.29 is 68.1 Å². The molecule has 1 aromatic heterocycles. The molecule has 1 aliphatic carbocycles. The monoisotopic (exact) mass is 1560 g/mol. The lowest BCUT2D eigenvalue weighted by atomic mass is 9.84. The molecule has 12 atom stereocenters. The number of phenols is 1. The number of aromatic hydroxyl groups is 1. The van der Waals surface area contributed by atoms with Crippen LogP contribution < -0.4 is 66.3 Å². The predicted molar refractivity (Wildman–Crippen MR) is 389 cm³/mol. The van der Waals surface area contributed by atoms with Crippen LogP contribution in [-0.4, -0.2) is 231 Å². The molecule has 0 bridgehead atoms. The van der Waals surface area contributed by atoms with Gasteiger partial charge in [0.25, 0.3) is 0 Å². The van der Waals surface area contributed by atoms with Gasteiger partial charge in [-0.05, 0) is 146 Å². The zero-order valence-electron chi connectivity index (χ0n) is 57.4. The summed E-state index contributed by atoms with van der Waals surface area (Å²) in [6.45, 7) is -1.60. The van der Waals surface area contributed by atoms with E-state index in [0.29, 0.717) is 46.0 Å². The number of halogens is 1. The molecular formula is C68H96IN19O14S. The maximum Gasteiger partial charge on any atom is 0.248 e. The first-order valence-electron chi connectivity index (χ1n) is 34.8. The van der Waals surface area contributed by atoms with Gasteiger partial charge in [-0.3, -0.25) is 62.9 Å². The van der Waals surface area contributed by atoms with Gasteiger partial charge in [-0.2, -0.15) is 0 Å². The average Bonchev–Trinajstić information content (AvgIpc) is 1.69. The smallest absolute Gasteiger partial charge is 0.248 e. The second-order valence-electron chi connectivity index (χ2n) is 26.6. The topological polar surface area (TPSA) is 527 Å². The summed E-state index contributed by atoms with van der Waals surface area (Å²) in [6, 6.07) is 4.16. The number of nitrogens with zero attached hydrogens (tertiary/aromatic N) is 7. The third-order valence-electron chi connectivity index (χ3n) is 19.3. The maximum atomic E-state index is 15.4. The first-order chi connectivity index (χ1) is 49.3. The molecule has 4 aliphatic heterocycles. The Hall–Kier alpha value is -9.23. The summed E-state index contributed by atoms with van der Waals surface area (Å²) in [5.74, 6) is -7.42. The molecule has 0 spiro atoms. The number of likely N-dealkylation sites (tertiary alicyclic amines) is 3. The molecule has 560 valence electrons. The Kier molecular flexibility index (Phi) is 29.6. The van der Waals surface area contributed by atoms with E-state index in [9.17, 15) is 58.5 Å². The predicted octanol–water partition coefficient (Wildman–Crippen LogP) is -2.81. The van der Waals surface area contributed by atoms with Crippen molar-refractivity contribution in [3.63, 3.8) is 0 Å². The van der Waals surface area contributed by atoms with Crippen LogP contribution in [0.2, 0.25) is 0 Å². The summed E-state index contributed by atoms with van der Waals surface area (Å²) < 4.78 is 0.591. The summed E-state index contributed by atoms with van der Waals surface area (Å²) in [5.41, 5.74) is 35.4. The minimum atomic E-state index is -1.66. The van der Waals surface area contributed by atoms with Crippen LogP contribution in [0.15, 0.2) is 75.0 Å². The van der Waals surface area contributed by atoms with E-state index in [-0.39, 0.29) is 145 Å². The molecular weight excluding hydrogens is 1460 g/mol. The quantitative estimate of drug-likeness (QED) is 0.00943. The number of aldehydes is 1. The average molecular weight is 1560 g/mol. The number of hydrogen-bond acceptors (Lipinski definition) is 18. The minimum Gasteiger partial charge on any atom is -0.507 e. The van der Waals surface area contributed by atoms with E-state index in [0.717, 1.165) is 35.3 Å². The number of fused-ring (bicyclic) bond motifs is 2. The van der Waals surface area contributed by atoms with Gasteiger partial charge in [0.1, 0.15) is 60.4 Å². The lowest BCUT2D eigenvalue weighted by Gasteiger charge is -2.42. The van der Waals surface area contributed by atoms with Crippen molar-refractivity contribution in [2.24, 2.45) is 55.3 Å². The number of amides is 10. The highest BCUT2D eigenvalue weighted by Crippen LogP contribution is 2.42. The van der Waals surface area contributed by atoms with Crippen molar-refractivity contribution in [2.45, 2.75) is 189 Å². The number of thiophene rings is 1. The molecule has 33 nitrogen and oxygen atoms in total. The number of hydrogen-bond donors (Lipinski definition) is 15. The number of nitrogens with two attached hydrogens (primary N) is 6. The van der Waals surface area contributed by atoms with Crippen molar-refractivity contribution in [2.75, 3.05) is 45.9 Å². The molecule has 1 saturated carbocycles.